The predicted octanol–water partition coefficient (Wildman–Crippen LogP) is 8.85. The Hall–Kier alpha value is -1.54. The molecule has 0 heterocycles. The zero-order valence-corrected chi connectivity index (χ0v) is 20.2. The average Bonchev–Trinajstić information content (AvgIpc) is 2.78. The molecule has 1 fully saturated rings. The molecule has 1 saturated carbocycles. The molecule has 1 atom stereocenters. The molecule has 0 aromatic heterocycles. The monoisotopic (exact) mass is 434 g/mol. The van der Waals surface area contributed by atoms with Gasteiger partial charge in [0, 0.05) is 0 Å². The van der Waals surface area contributed by atoms with Crippen LogP contribution < -0.4 is 0 Å². The van der Waals surface area contributed by atoms with Crippen LogP contribution >= 0.6 is 11.6 Å². The van der Waals surface area contributed by atoms with Crippen molar-refractivity contribution >= 4 is 17.2 Å². The maximum Gasteiger partial charge on any atom is 0.146 e. The molecular formula is C27H40ClFO. The van der Waals surface area contributed by atoms with E-state index in [0.29, 0.717) is 18.3 Å². The van der Waals surface area contributed by atoms with Crippen LogP contribution in [0.3, 0.4) is 0 Å². The van der Waals surface area contributed by atoms with Crippen molar-refractivity contribution in [1.82, 2.24) is 0 Å². The van der Waals surface area contributed by atoms with Gasteiger partial charge in [0.05, 0.1) is 12.0 Å². The van der Waals surface area contributed by atoms with Crippen LogP contribution in [0.4, 0.5) is 4.39 Å². The topological polar surface area (TPSA) is 9.23 Å². The van der Waals surface area contributed by atoms with Gasteiger partial charge in [0.15, 0.2) is 0 Å². The van der Waals surface area contributed by atoms with E-state index in [-0.39, 0.29) is 5.38 Å². The third kappa shape index (κ3) is 8.68. The van der Waals surface area contributed by atoms with Gasteiger partial charge in [-0.2, -0.15) is 0 Å². The summed E-state index contributed by atoms with van der Waals surface area (Å²) in [5, 5.41) is -0.162. The second-order valence-electron chi connectivity index (χ2n) is 7.61. The lowest BCUT2D eigenvalue weighted by Crippen LogP contribution is -2.11. The number of ether oxygens (including phenoxy) is 1. The Labute approximate surface area is 189 Å². The molecule has 2 rings (SSSR count). The summed E-state index contributed by atoms with van der Waals surface area (Å²) in [6.45, 7) is 9.98. The van der Waals surface area contributed by atoms with Crippen molar-refractivity contribution in [3.05, 3.63) is 65.5 Å². The Morgan fingerprint density at radius 1 is 1.13 bits per heavy atom. The van der Waals surface area contributed by atoms with Gasteiger partial charge in [-0.25, -0.2) is 4.39 Å². The van der Waals surface area contributed by atoms with Gasteiger partial charge in [-0.05, 0) is 80.6 Å². The van der Waals surface area contributed by atoms with E-state index in [1.165, 1.54) is 31.2 Å². The van der Waals surface area contributed by atoms with Gasteiger partial charge in [-0.15, -0.1) is 11.6 Å². The van der Waals surface area contributed by atoms with Gasteiger partial charge in [0.2, 0.25) is 0 Å². The van der Waals surface area contributed by atoms with Gasteiger partial charge in [0.25, 0.3) is 0 Å². The standard InChI is InChI=1S/C25H34ClFO.C2H6/c1-4-6-20-7-9-21(10-8-20)22-11-13-23(14-12-22)25(19(3)26)16-15-24(18-27)28-17-5-2;1-2/h4,6,11-16,19-21H,5,7-10,17-18H2,1-3H3;1-2H3/b6-4+,24-15+,25-16+;. The van der Waals surface area contributed by atoms with Crippen molar-refractivity contribution in [2.24, 2.45) is 5.92 Å². The van der Waals surface area contributed by atoms with Crippen LogP contribution in [-0.2, 0) is 4.74 Å². The SMILES string of the molecule is C/C=C/C1CCC(c2ccc(/C(=C/C=C(\CF)OCCC)C(C)Cl)cc2)CC1.CC. The summed E-state index contributed by atoms with van der Waals surface area (Å²) >= 11 is 6.40. The van der Waals surface area contributed by atoms with Crippen LogP contribution in [0, 0.1) is 5.92 Å². The van der Waals surface area contributed by atoms with Crippen molar-refractivity contribution in [3.8, 4) is 0 Å². The summed E-state index contributed by atoms with van der Waals surface area (Å²) < 4.78 is 18.5. The highest BCUT2D eigenvalue weighted by atomic mass is 35.5. The van der Waals surface area contributed by atoms with Gasteiger partial charge >= 0.3 is 0 Å². The molecule has 1 nitrogen and oxygen atoms in total. The fourth-order valence-electron chi connectivity index (χ4n) is 3.87. The van der Waals surface area contributed by atoms with E-state index >= 15 is 0 Å². The molecule has 1 aromatic carbocycles. The summed E-state index contributed by atoms with van der Waals surface area (Å²) in [5.41, 5.74) is 3.48. The minimum atomic E-state index is -0.602. The third-order valence-corrected chi connectivity index (χ3v) is 5.69. The summed E-state index contributed by atoms with van der Waals surface area (Å²) in [6, 6.07) is 8.76. The Bertz CT molecular complexity index is 665. The maximum absolute atomic E-state index is 13.1. The van der Waals surface area contributed by atoms with Crippen molar-refractivity contribution < 1.29 is 9.13 Å². The molecule has 1 unspecified atom stereocenters. The van der Waals surface area contributed by atoms with Crippen LogP contribution in [-0.4, -0.2) is 18.7 Å². The first kappa shape index (κ1) is 26.5. The molecule has 1 aromatic rings. The maximum atomic E-state index is 13.1. The van der Waals surface area contributed by atoms with Crippen LogP contribution in [0.25, 0.3) is 5.57 Å². The predicted molar refractivity (Wildman–Crippen MR) is 131 cm³/mol. The van der Waals surface area contributed by atoms with E-state index in [1.807, 2.05) is 33.8 Å². The van der Waals surface area contributed by atoms with E-state index in [4.69, 9.17) is 16.3 Å². The molecule has 0 saturated heterocycles. The molecule has 30 heavy (non-hydrogen) atoms. The molecule has 0 radical (unpaired) electrons. The quantitative estimate of drug-likeness (QED) is 0.163. The number of allylic oxidation sites excluding steroid dienone is 6. The molecule has 0 aliphatic heterocycles. The Kier molecular flexibility index (Phi) is 13.5. The van der Waals surface area contributed by atoms with Crippen molar-refractivity contribution in [1.29, 1.82) is 0 Å². The Balaban J connectivity index is 0.00000218. The average molecular weight is 435 g/mol. The Morgan fingerprint density at radius 3 is 2.27 bits per heavy atom. The highest BCUT2D eigenvalue weighted by molar-refractivity contribution is 6.26. The molecular weight excluding hydrogens is 395 g/mol. The lowest BCUT2D eigenvalue weighted by Gasteiger charge is -2.27. The molecule has 0 bridgehead atoms. The summed E-state index contributed by atoms with van der Waals surface area (Å²) in [4.78, 5) is 0. The second kappa shape index (κ2) is 15.3. The smallest absolute Gasteiger partial charge is 0.146 e. The van der Waals surface area contributed by atoms with E-state index in [9.17, 15) is 4.39 Å². The fraction of sp³-hybridized carbons (Fsp3) is 0.556. The highest BCUT2D eigenvalue weighted by Crippen LogP contribution is 2.37. The molecule has 0 N–H and O–H groups in total. The van der Waals surface area contributed by atoms with E-state index in [0.717, 1.165) is 23.5 Å². The van der Waals surface area contributed by atoms with Gasteiger partial charge in [-0.3, -0.25) is 0 Å². The summed E-state index contributed by atoms with van der Waals surface area (Å²) in [5.74, 6) is 1.75. The lowest BCUT2D eigenvalue weighted by molar-refractivity contribution is 0.190. The lowest BCUT2D eigenvalue weighted by atomic mass is 9.78. The normalized spacial score (nSPS) is 21.2. The number of rotatable bonds is 9. The second-order valence-corrected chi connectivity index (χ2v) is 8.27. The number of hydrogen-bond donors (Lipinski definition) is 0. The number of alkyl halides is 2. The van der Waals surface area contributed by atoms with Crippen LogP contribution in [0.15, 0.2) is 54.3 Å². The number of hydrogen-bond acceptors (Lipinski definition) is 1. The van der Waals surface area contributed by atoms with Crippen LogP contribution in [0.1, 0.15) is 83.8 Å². The zero-order chi connectivity index (χ0) is 22.4. The molecule has 1 aliphatic carbocycles. The molecule has 1 aliphatic rings. The number of benzene rings is 1. The molecule has 168 valence electrons. The first-order chi connectivity index (χ1) is 14.6. The first-order valence-corrected chi connectivity index (χ1v) is 12.0. The van der Waals surface area contributed by atoms with Crippen molar-refractivity contribution in [3.63, 3.8) is 0 Å². The number of halogens is 2. The molecule has 0 spiro atoms. The Morgan fingerprint density at radius 2 is 1.77 bits per heavy atom. The van der Waals surface area contributed by atoms with E-state index in [2.05, 4.69) is 43.3 Å². The third-order valence-electron chi connectivity index (χ3n) is 5.45. The summed E-state index contributed by atoms with van der Waals surface area (Å²) in [6.07, 6.45) is 14.0. The minimum absolute atomic E-state index is 0.162. The summed E-state index contributed by atoms with van der Waals surface area (Å²) in [7, 11) is 0. The van der Waals surface area contributed by atoms with Crippen molar-refractivity contribution in [2.75, 3.05) is 13.3 Å². The van der Waals surface area contributed by atoms with Gasteiger partial charge in [0.1, 0.15) is 12.4 Å². The van der Waals surface area contributed by atoms with E-state index < -0.39 is 6.67 Å². The largest absolute Gasteiger partial charge is 0.495 e. The molecule has 3 heteroatoms. The van der Waals surface area contributed by atoms with Crippen molar-refractivity contribution in [2.45, 2.75) is 78.0 Å². The molecule has 0 amide bonds. The minimum Gasteiger partial charge on any atom is -0.495 e. The van der Waals surface area contributed by atoms with Crippen LogP contribution in [0.2, 0.25) is 0 Å². The van der Waals surface area contributed by atoms with Crippen LogP contribution in [0.5, 0.6) is 0 Å². The fourth-order valence-corrected chi connectivity index (χ4v) is 4.07. The zero-order valence-electron chi connectivity index (χ0n) is 19.5. The van der Waals surface area contributed by atoms with E-state index in [1.54, 1.807) is 6.08 Å². The van der Waals surface area contributed by atoms with Gasteiger partial charge in [-0.1, -0.05) is 63.3 Å². The van der Waals surface area contributed by atoms with Gasteiger partial charge < -0.3 is 4.74 Å². The highest BCUT2D eigenvalue weighted by Gasteiger charge is 2.21. The first-order valence-electron chi connectivity index (χ1n) is 11.6.